The summed E-state index contributed by atoms with van der Waals surface area (Å²) in [7, 11) is 0. The van der Waals surface area contributed by atoms with E-state index in [1.54, 1.807) is 0 Å². The van der Waals surface area contributed by atoms with E-state index in [0.717, 1.165) is 36.7 Å². The standard InChI is InChI=1S/C12H21N3OS/c1-3-8(2)17-7-11-14-12(16-15-11)9-4-5-10(13)6-9/h8-10H,3-7,13H2,1-2H3/t8?,9-,10+/m1/s1. The van der Waals surface area contributed by atoms with E-state index in [1.807, 2.05) is 11.8 Å². The van der Waals surface area contributed by atoms with Gasteiger partial charge < -0.3 is 10.3 Å². The average Bonchev–Trinajstić information content (AvgIpc) is 2.94. The zero-order valence-electron chi connectivity index (χ0n) is 10.6. The maximum Gasteiger partial charge on any atom is 0.229 e. The Labute approximate surface area is 107 Å². The predicted molar refractivity (Wildman–Crippen MR) is 69.9 cm³/mol. The van der Waals surface area contributed by atoms with Crippen LogP contribution < -0.4 is 5.73 Å². The minimum absolute atomic E-state index is 0.310. The van der Waals surface area contributed by atoms with Gasteiger partial charge in [0.1, 0.15) is 0 Å². The van der Waals surface area contributed by atoms with Crippen molar-refractivity contribution in [1.29, 1.82) is 0 Å². The van der Waals surface area contributed by atoms with Gasteiger partial charge in [-0.3, -0.25) is 0 Å². The van der Waals surface area contributed by atoms with Crippen LogP contribution in [0.5, 0.6) is 0 Å². The molecule has 1 aliphatic carbocycles. The first kappa shape index (κ1) is 12.9. The molecule has 0 spiro atoms. The molecule has 1 unspecified atom stereocenters. The highest BCUT2D eigenvalue weighted by Crippen LogP contribution is 2.32. The normalized spacial score (nSPS) is 26.3. The van der Waals surface area contributed by atoms with Crippen LogP contribution in [-0.4, -0.2) is 21.4 Å². The summed E-state index contributed by atoms with van der Waals surface area (Å²) >= 11 is 1.88. The molecule has 0 saturated heterocycles. The molecule has 96 valence electrons. The molecule has 2 N–H and O–H groups in total. The number of nitrogens with two attached hydrogens (primary N) is 1. The molecular weight excluding hydrogens is 234 g/mol. The Hall–Kier alpha value is -0.550. The van der Waals surface area contributed by atoms with Gasteiger partial charge in [0.25, 0.3) is 0 Å². The number of aromatic nitrogens is 2. The van der Waals surface area contributed by atoms with Crippen molar-refractivity contribution >= 4 is 11.8 Å². The maximum absolute atomic E-state index is 5.89. The quantitative estimate of drug-likeness (QED) is 0.876. The lowest BCUT2D eigenvalue weighted by atomic mass is 10.1. The van der Waals surface area contributed by atoms with Gasteiger partial charge in [-0.2, -0.15) is 16.7 Å². The second-order valence-corrected chi connectivity index (χ2v) is 6.28. The Balaban J connectivity index is 1.87. The highest BCUT2D eigenvalue weighted by molar-refractivity contribution is 7.99. The van der Waals surface area contributed by atoms with Crippen molar-refractivity contribution in [3.8, 4) is 0 Å². The third kappa shape index (κ3) is 3.45. The van der Waals surface area contributed by atoms with E-state index < -0.39 is 0 Å². The fourth-order valence-corrected chi connectivity index (χ4v) is 2.85. The number of rotatable bonds is 5. The van der Waals surface area contributed by atoms with Crippen LogP contribution in [0.15, 0.2) is 4.52 Å². The lowest BCUT2D eigenvalue weighted by molar-refractivity contribution is 0.350. The summed E-state index contributed by atoms with van der Waals surface area (Å²) in [4.78, 5) is 4.48. The predicted octanol–water partition coefficient (Wildman–Crippen LogP) is 2.70. The smallest absolute Gasteiger partial charge is 0.229 e. The molecule has 0 aromatic carbocycles. The Bertz CT molecular complexity index is 355. The molecular formula is C12H21N3OS. The van der Waals surface area contributed by atoms with Crippen LogP contribution in [0, 0.1) is 0 Å². The molecule has 2 rings (SSSR count). The number of thioether (sulfide) groups is 1. The minimum Gasteiger partial charge on any atom is -0.339 e. The van der Waals surface area contributed by atoms with E-state index in [-0.39, 0.29) is 0 Å². The van der Waals surface area contributed by atoms with Crippen LogP contribution in [0.4, 0.5) is 0 Å². The van der Waals surface area contributed by atoms with Crippen LogP contribution >= 0.6 is 11.8 Å². The van der Waals surface area contributed by atoms with Crippen LogP contribution in [0.25, 0.3) is 0 Å². The lowest BCUT2D eigenvalue weighted by Gasteiger charge is -2.04. The zero-order chi connectivity index (χ0) is 12.3. The zero-order valence-corrected chi connectivity index (χ0v) is 11.4. The second-order valence-electron chi connectivity index (χ2n) is 4.85. The van der Waals surface area contributed by atoms with Crippen molar-refractivity contribution in [3.63, 3.8) is 0 Å². The maximum atomic E-state index is 5.89. The molecule has 3 atom stereocenters. The van der Waals surface area contributed by atoms with Gasteiger partial charge in [0.15, 0.2) is 5.82 Å². The Morgan fingerprint density at radius 2 is 2.35 bits per heavy atom. The van der Waals surface area contributed by atoms with Crippen LogP contribution in [0.1, 0.15) is 57.2 Å². The molecule has 1 aliphatic rings. The van der Waals surface area contributed by atoms with Crippen molar-refractivity contribution in [1.82, 2.24) is 10.1 Å². The average molecular weight is 255 g/mol. The molecule has 0 aliphatic heterocycles. The van der Waals surface area contributed by atoms with Crippen molar-refractivity contribution < 1.29 is 4.52 Å². The fraction of sp³-hybridized carbons (Fsp3) is 0.833. The van der Waals surface area contributed by atoms with Crippen molar-refractivity contribution in [2.24, 2.45) is 5.73 Å². The molecule has 0 bridgehead atoms. The van der Waals surface area contributed by atoms with Gasteiger partial charge in [0.2, 0.25) is 5.89 Å². The molecule has 17 heavy (non-hydrogen) atoms. The third-order valence-electron chi connectivity index (χ3n) is 3.38. The van der Waals surface area contributed by atoms with Crippen LogP contribution in [0.2, 0.25) is 0 Å². The molecule has 1 fully saturated rings. The summed E-state index contributed by atoms with van der Waals surface area (Å²) in [6, 6.07) is 0.310. The largest absolute Gasteiger partial charge is 0.339 e. The molecule has 5 heteroatoms. The molecule has 4 nitrogen and oxygen atoms in total. The summed E-state index contributed by atoms with van der Waals surface area (Å²) in [5.41, 5.74) is 5.89. The number of hydrogen-bond acceptors (Lipinski definition) is 5. The van der Waals surface area contributed by atoms with Gasteiger partial charge in [-0.05, 0) is 25.7 Å². The van der Waals surface area contributed by atoms with Crippen molar-refractivity contribution in [2.45, 2.75) is 62.5 Å². The lowest BCUT2D eigenvalue weighted by Crippen LogP contribution is -2.14. The fourth-order valence-electron chi connectivity index (χ4n) is 2.07. The Kier molecular flexibility index (Phi) is 4.45. The highest BCUT2D eigenvalue weighted by Gasteiger charge is 2.27. The SMILES string of the molecule is CCC(C)SCc1noc([C@@H]2CC[C@H](N)C2)n1. The van der Waals surface area contributed by atoms with Crippen LogP contribution in [-0.2, 0) is 5.75 Å². The monoisotopic (exact) mass is 255 g/mol. The van der Waals surface area contributed by atoms with Crippen molar-refractivity contribution in [2.75, 3.05) is 0 Å². The third-order valence-corrected chi connectivity index (χ3v) is 4.71. The van der Waals surface area contributed by atoms with Gasteiger partial charge in [-0.1, -0.05) is 19.0 Å². The van der Waals surface area contributed by atoms with Gasteiger partial charge in [0, 0.05) is 17.2 Å². The van der Waals surface area contributed by atoms with Gasteiger partial charge in [-0.15, -0.1) is 0 Å². The van der Waals surface area contributed by atoms with E-state index in [1.165, 1.54) is 6.42 Å². The van der Waals surface area contributed by atoms with Gasteiger partial charge in [-0.25, -0.2) is 0 Å². The van der Waals surface area contributed by atoms with E-state index in [0.29, 0.717) is 17.2 Å². The number of hydrogen-bond donors (Lipinski definition) is 1. The molecule has 1 saturated carbocycles. The summed E-state index contributed by atoms with van der Waals surface area (Å²) in [5.74, 6) is 2.85. The van der Waals surface area contributed by atoms with E-state index in [9.17, 15) is 0 Å². The first-order valence-corrected chi connectivity index (χ1v) is 7.43. The van der Waals surface area contributed by atoms with Gasteiger partial charge in [0.05, 0.1) is 5.75 Å². The summed E-state index contributed by atoms with van der Waals surface area (Å²) < 4.78 is 5.33. The summed E-state index contributed by atoms with van der Waals surface area (Å²) in [5, 5.41) is 4.69. The van der Waals surface area contributed by atoms with E-state index in [4.69, 9.17) is 10.3 Å². The first-order chi connectivity index (χ1) is 8.19. The van der Waals surface area contributed by atoms with Crippen LogP contribution in [0.3, 0.4) is 0 Å². The number of nitrogens with zero attached hydrogens (tertiary/aromatic N) is 2. The summed E-state index contributed by atoms with van der Waals surface area (Å²) in [6.45, 7) is 4.42. The molecule has 1 aromatic rings. The molecule has 1 heterocycles. The van der Waals surface area contributed by atoms with E-state index in [2.05, 4.69) is 24.0 Å². The summed E-state index contributed by atoms with van der Waals surface area (Å²) in [6.07, 6.45) is 4.32. The minimum atomic E-state index is 0.310. The Morgan fingerprint density at radius 3 is 3.00 bits per heavy atom. The molecule has 0 radical (unpaired) electrons. The molecule has 0 amide bonds. The topological polar surface area (TPSA) is 64.9 Å². The Morgan fingerprint density at radius 1 is 1.53 bits per heavy atom. The van der Waals surface area contributed by atoms with E-state index >= 15 is 0 Å². The van der Waals surface area contributed by atoms with Crippen molar-refractivity contribution in [3.05, 3.63) is 11.7 Å². The second kappa shape index (κ2) is 5.87. The highest BCUT2D eigenvalue weighted by atomic mass is 32.2. The molecule has 1 aromatic heterocycles. The van der Waals surface area contributed by atoms with Gasteiger partial charge >= 0.3 is 0 Å². The first-order valence-electron chi connectivity index (χ1n) is 6.38.